The molecule has 16 heavy (non-hydrogen) atoms. The monoisotopic (exact) mass is 226 g/mol. The largest absolute Gasteiger partial charge is 0.381 e. The number of nitrogens with two attached hydrogens (primary N) is 1. The number of ether oxygens (including phenoxy) is 1. The van der Waals surface area contributed by atoms with Crippen molar-refractivity contribution in [3.63, 3.8) is 0 Å². The quantitative estimate of drug-likeness (QED) is 0.771. The van der Waals surface area contributed by atoms with Crippen molar-refractivity contribution < 1.29 is 4.74 Å². The molecule has 2 aliphatic rings. The second-order valence-corrected chi connectivity index (χ2v) is 5.81. The highest BCUT2D eigenvalue weighted by atomic mass is 16.5. The van der Waals surface area contributed by atoms with Gasteiger partial charge >= 0.3 is 0 Å². The topological polar surface area (TPSA) is 38.5 Å². The Bertz CT molecular complexity index is 204. The Kier molecular flexibility index (Phi) is 4.22. The van der Waals surface area contributed by atoms with Crippen molar-refractivity contribution in [2.24, 2.45) is 17.1 Å². The Labute approximate surface area is 99.3 Å². The number of hydrogen-bond donors (Lipinski definition) is 1. The number of rotatable bonds is 5. The Balaban J connectivity index is 1.72. The van der Waals surface area contributed by atoms with Crippen LogP contribution in [-0.4, -0.2) is 44.8 Å². The maximum atomic E-state index is 5.90. The highest BCUT2D eigenvalue weighted by Gasteiger charge is 2.36. The van der Waals surface area contributed by atoms with Crippen LogP contribution in [0.25, 0.3) is 0 Å². The molecular weight excluding hydrogens is 200 g/mol. The molecule has 0 aromatic rings. The van der Waals surface area contributed by atoms with Crippen molar-refractivity contribution in [2.45, 2.75) is 32.1 Å². The van der Waals surface area contributed by atoms with Gasteiger partial charge in [-0.05, 0) is 50.6 Å². The molecule has 3 heteroatoms. The van der Waals surface area contributed by atoms with Crippen molar-refractivity contribution in [3.8, 4) is 0 Å². The van der Waals surface area contributed by atoms with Crippen molar-refractivity contribution in [3.05, 3.63) is 0 Å². The molecule has 0 atom stereocenters. The lowest BCUT2D eigenvalue weighted by atomic mass is 9.68. The van der Waals surface area contributed by atoms with Crippen LogP contribution >= 0.6 is 0 Å². The van der Waals surface area contributed by atoms with E-state index in [0.29, 0.717) is 5.41 Å². The summed E-state index contributed by atoms with van der Waals surface area (Å²) in [5, 5.41) is 0. The van der Waals surface area contributed by atoms with Crippen molar-refractivity contribution in [1.82, 2.24) is 4.90 Å². The normalized spacial score (nSPS) is 25.7. The minimum atomic E-state index is 0.458. The molecule has 0 aromatic heterocycles. The first-order valence-corrected chi connectivity index (χ1v) is 6.70. The predicted octanol–water partition coefficient (Wildman–Crippen LogP) is 1.47. The fourth-order valence-corrected chi connectivity index (χ4v) is 3.11. The summed E-state index contributed by atoms with van der Waals surface area (Å²) in [5.74, 6) is 0.841. The molecule has 2 rings (SSSR count). The lowest BCUT2D eigenvalue weighted by molar-refractivity contribution is 0.0381. The second-order valence-electron chi connectivity index (χ2n) is 5.81. The van der Waals surface area contributed by atoms with Crippen LogP contribution in [0.1, 0.15) is 32.1 Å². The molecule has 0 spiro atoms. The van der Waals surface area contributed by atoms with E-state index < -0.39 is 0 Å². The van der Waals surface area contributed by atoms with Crippen LogP contribution in [0.5, 0.6) is 0 Å². The first kappa shape index (κ1) is 12.3. The third-order valence-corrected chi connectivity index (χ3v) is 4.36. The van der Waals surface area contributed by atoms with Gasteiger partial charge in [0.25, 0.3) is 0 Å². The minimum Gasteiger partial charge on any atom is -0.381 e. The molecule has 1 heterocycles. The first-order valence-electron chi connectivity index (χ1n) is 6.70. The van der Waals surface area contributed by atoms with Gasteiger partial charge in [0.15, 0.2) is 0 Å². The van der Waals surface area contributed by atoms with Crippen LogP contribution in [-0.2, 0) is 4.74 Å². The van der Waals surface area contributed by atoms with Gasteiger partial charge in [0.05, 0.1) is 0 Å². The first-order chi connectivity index (χ1) is 7.74. The van der Waals surface area contributed by atoms with E-state index in [1.807, 2.05) is 0 Å². The summed E-state index contributed by atoms with van der Waals surface area (Å²) in [6, 6.07) is 0. The summed E-state index contributed by atoms with van der Waals surface area (Å²) in [4.78, 5) is 2.50. The summed E-state index contributed by atoms with van der Waals surface area (Å²) in [6.07, 6.45) is 6.52. The molecule has 0 amide bonds. The van der Waals surface area contributed by atoms with E-state index in [0.717, 1.165) is 25.7 Å². The molecule has 1 saturated heterocycles. The van der Waals surface area contributed by atoms with Gasteiger partial charge < -0.3 is 15.4 Å². The maximum absolute atomic E-state index is 5.90. The zero-order valence-electron chi connectivity index (χ0n) is 10.6. The Morgan fingerprint density at radius 1 is 1.31 bits per heavy atom. The lowest BCUT2D eigenvalue weighted by Crippen LogP contribution is -2.47. The third kappa shape index (κ3) is 2.96. The smallest absolute Gasteiger partial charge is 0.0469 e. The fourth-order valence-electron chi connectivity index (χ4n) is 3.11. The van der Waals surface area contributed by atoms with Gasteiger partial charge in [-0.3, -0.25) is 0 Å². The third-order valence-electron chi connectivity index (χ3n) is 4.36. The number of nitrogens with zero attached hydrogens (tertiary/aromatic N) is 1. The highest BCUT2D eigenvalue weighted by molar-refractivity contribution is 4.91. The van der Waals surface area contributed by atoms with Crippen molar-refractivity contribution >= 4 is 0 Å². The standard InChI is InChI=1S/C13H26N2O/c1-15(9-12-3-7-16-8-4-12)11-13(10-14)5-2-6-13/h12H,2-11,14H2,1H3. The molecule has 0 unspecified atom stereocenters. The van der Waals surface area contributed by atoms with Crippen LogP contribution in [0, 0.1) is 11.3 Å². The maximum Gasteiger partial charge on any atom is 0.0469 e. The van der Waals surface area contributed by atoms with Crippen molar-refractivity contribution in [1.29, 1.82) is 0 Å². The Morgan fingerprint density at radius 2 is 2.00 bits per heavy atom. The molecule has 1 aliphatic carbocycles. The van der Waals surface area contributed by atoms with Gasteiger partial charge in [-0.25, -0.2) is 0 Å². The molecular formula is C13H26N2O. The molecule has 2 fully saturated rings. The molecule has 1 aliphatic heterocycles. The summed E-state index contributed by atoms with van der Waals surface area (Å²) >= 11 is 0. The average molecular weight is 226 g/mol. The summed E-state index contributed by atoms with van der Waals surface area (Å²) in [6.45, 7) is 5.21. The fraction of sp³-hybridized carbons (Fsp3) is 1.00. The molecule has 2 N–H and O–H groups in total. The lowest BCUT2D eigenvalue weighted by Gasteiger charge is -2.44. The summed E-state index contributed by atoms with van der Waals surface area (Å²) in [5.41, 5.74) is 6.36. The van der Waals surface area contributed by atoms with E-state index in [1.165, 1.54) is 45.2 Å². The van der Waals surface area contributed by atoms with Gasteiger partial charge in [0.1, 0.15) is 0 Å². The van der Waals surface area contributed by atoms with Gasteiger partial charge in [-0.2, -0.15) is 0 Å². The molecule has 94 valence electrons. The van der Waals surface area contributed by atoms with Gasteiger partial charge in [-0.1, -0.05) is 6.42 Å². The van der Waals surface area contributed by atoms with E-state index in [1.54, 1.807) is 0 Å². The number of hydrogen-bond acceptors (Lipinski definition) is 3. The van der Waals surface area contributed by atoms with Crippen LogP contribution in [0.3, 0.4) is 0 Å². The zero-order valence-corrected chi connectivity index (χ0v) is 10.6. The average Bonchev–Trinajstić information content (AvgIpc) is 2.25. The molecule has 1 saturated carbocycles. The van der Waals surface area contributed by atoms with Crippen LogP contribution in [0.15, 0.2) is 0 Å². The molecule has 0 aromatic carbocycles. The Morgan fingerprint density at radius 3 is 2.50 bits per heavy atom. The van der Waals surface area contributed by atoms with Gasteiger partial charge in [0.2, 0.25) is 0 Å². The highest BCUT2D eigenvalue weighted by Crippen LogP contribution is 2.40. The van der Waals surface area contributed by atoms with E-state index >= 15 is 0 Å². The van der Waals surface area contributed by atoms with Gasteiger partial charge in [-0.15, -0.1) is 0 Å². The Hall–Kier alpha value is -0.120. The zero-order chi connectivity index (χ0) is 11.4. The molecule has 0 bridgehead atoms. The van der Waals surface area contributed by atoms with Crippen LogP contribution in [0.4, 0.5) is 0 Å². The molecule has 3 nitrogen and oxygen atoms in total. The van der Waals surface area contributed by atoms with Crippen LogP contribution in [0.2, 0.25) is 0 Å². The SMILES string of the molecule is CN(CC1CCOCC1)CC1(CN)CCC1. The minimum absolute atomic E-state index is 0.458. The summed E-state index contributed by atoms with van der Waals surface area (Å²) < 4.78 is 5.40. The van der Waals surface area contributed by atoms with Crippen LogP contribution < -0.4 is 5.73 Å². The molecule has 0 radical (unpaired) electrons. The van der Waals surface area contributed by atoms with E-state index in [4.69, 9.17) is 10.5 Å². The predicted molar refractivity (Wildman–Crippen MR) is 66.4 cm³/mol. The van der Waals surface area contributed by atoms with E-state index in [-0.39, 0.29) is 0 Å². The second kappa shape index (κ2) is 5.48. The van der Waals surface area contributed by atoms with Gasteiger partial charge in [0, 0.05) is 26.3 Å². The van der Waals surface area contributed by atoms with E-state index in [2.05, 4.69) is 11.9 Å². The van der Waals surface area contributed by atoms with E-state index in [9.17, 15) is 0 Å². The van der Waals surface area contributed by atoms with Crippen molar-refractivity contribution in [2.75, 3.05) is 39.9 Å². The summed E-state index contributed by atoms with van der Waals surface area (Å²) in [7, 11) is 2.26.